The highest BCUT2D eigenvalue weighted by Gasteiger charge is 1.57. The van der Waals surface area contributed by atoms with Gasteiger partial charge in [0.25, 0.3) is 0 Å². The summed E-state index contributed by atoms with van der Waals surface area (Å²) in [6.07, 6.45) is 6.73. The van der Waals surface area contributed by atoms with Gasteiger partial charge in [0.1, 0.15) is 25.1 Å². The van der Waals surface area contributed by atoms with Gasteiger partial charge >= 0.3 is 0 Å². The SMILES string of the molecule is O=C/C=C/C=O.O=C/C=C\C=O. The molecule has 0 bridgehead atoms. The molecular weight excluding hydrogens is 160 g/mol. The topological polar surface area (TPSA) is 68.3 Å². The van der Waals surface area contributed by atoms with Gasteiger partial charge in [-0.15, -0.1) is 0 Å². The van der Waals surface area contributed by atoms with E-state index in [0.717, 1.165) is 24.3 Å². The Bertz CT molecular complexity index is 149. The Labute approximate surface area is 69.6 Å². The van der Waals surface area contributed by atoms with Crippen LogP contribution in [-0.4, -0.2) is 25.1 Å². The summed E-state index contributed by atoms with van der Waals surface area (Å²) >= 11 is 0. The second-order valence-electron chi connectivity index (χ2n) is 1.31. The summed E-state index contributed by atoms with van der Waals surface area (Å²) in [5.74, 6) is 0. The Kier molecular flexibility index (Phi) is 17.1. The summed E-state index contributed by atoms with van der Waals surface area (Å²) < 4.78 is 0. The molecule has 4 nitrogen and oxygen atoms in total. The Morgan fingerprint density at radius 1 is 0.417 bits per heavy atom. The van der Waals surface area contributed by atoms with Crippen LogP contribution in [0.1, 0.15) is 0 Å². The molecule has 0 atom stereocenters. The third-order valence-corrected chi connectivity index (χ3v) is 0.536. The summed E-state index contributed by atoms with van der Waals surface area (Å²) in [6.45, 7) is 0. The fourth-order valence-electron chi connectivity index (χ4n) is 0.181. The molecule has 0 N–H and O–H groups in total. The molecule has 4 heteroatoms. The summed E-state index contributed by atoms with van der Waals surface area (Å²) in [7, 11) is 0. The summed E-state index contributed by atoms with van der Waals surface area (Å²) in [4.78, 5) is 37.3. The van der Waals surface area contributed by atoms with Crippen LogP contribution in [0.15, 0.2) is 24.3 Å². The maximum atomic E-state index is 9.32. The Morgan fingerprint density at radius 2 is 0.583 bits per heavy atom. The highest BCUT2D eigenvalue weighted by molar-refractivity contribution is 5.75. The number of carbonyl (C=O) groups excluding carboxylic acids is 4. The van der Waals surface area contributed by atoms with Gasteiger partial charge in [0.2, 0.25) is 0 Å². The molecule has 0 saturated heterocycles. The van der Waals surface area contributed by atoms with Gasteiger partial charge in [-0.1, -0.05) is 0 Å². The van der Waals surface area contributed by atoms with E-state index in [1.165, 1.54) is 0 Å². The van der Waals surface area contributed by atoms with Crippen LogP contribution in [0.3, 0.4) is 0 Å². The predicted octanol–water partition coefficient (Wildman–Crippen LogP) is -0.119. The molecule has 12 heavy (non-hydrogen) atoms. The van der Waals surface area contributed by atoms with Crippen molar-refractivity contribution in [2.45, 2.75) is 0 Å². The van der Waals surface area contributed by atoms with Crippen LogP contribution in [0.5, 0.6) is 0 Å². The number of rotatable bonds is 4. The third-order valence-electron chi connectivity index (χ3n) is 0.536. The molecule has 0 amide bonds. The number of carbonyl (C=O) groups is 4. The normalized spacial score (nSPS) is 8.67. The minimum Gasteiger partial charge on any atom is -0.299 e. The molecule has 64 valence electrons. The van der Waals surface area contributed by atoms with Crippen molar-refractivity contribution in [1.82, 2.24) is 0 Å². The molecule has 0 aromatic carbocycles. The van der Waals surface area contributed by atoms with Gasteiger partial charge in [-0.25, -0.2) is 0 Å². The van der Waals surface area contributed by atoms with Crippen LogP contribution in [0.4, 0.5) is 0 Å². The molecule has 0 rings (SSSR count). The predicted molar refractivity (Wildman–Crippen MR) is 42.5 cm³/mol. The van der Waals surface area contributed by atoms with Crippen LogP contribution in [-0.2, 0) is 19.2 Å². The van der Waals surface area contributed by atoms with Gasteiger partial charge in [-0.3, -0.25) is 19.2 Å². The fraction of sp³-hybridized carbons (Fsp3) is 0. The molecule has 0 heterocycles. The van der Waals surface area contributed by atoms with Crippen molar-refractivity contribution in [2.75, 3.05) is 0 Å². The highest BCUT2D eigenvalue weighted by atomic mass is 16.1. The molecular formula is C8H8O4. The molecule has 0 unspecified atom stereocenters. The quantitative estimate of drug-likeness (QED) is 0.433. The van der Waals surface area contributed by atoms with Gasteiger partial charge in [0.05, 0.1) is 0 Å². The van der Waals surface area contributed by atoms with E-state index in [0.29, 0.717) is 25.1 Å². The monoisotopic (exact) mass is 168 g/mol. The Morgan fingerprint density at radius 3 is 0.667 bits per heavy atom. The van der Waals surface area contributed by atoms with Crippen LogP contribution < -0.4 is 0 Å². The van der Waals surface area contributed by atoms with Gasteiger partial charge in [-0.2, -0.15) is 0 Å². The average molecular weight is 168 g/mol. The van der Waals surface area contributed by atoms with E-state index in [4.69, 9.17) is 0 Å². The summed E-state index contributed by atoms with van der Waals surface area (Å²) in [5.41, 5.74) is 0. The van der Waals surface area contributed by atoms with E-state index in [9.17, 15) is 19.2 Å². The zero-order valence-electron chi connectivity index (χ0n) is 6.25. The average Bonchev–Trinajstić information content (AvgIpc) is 2.12. The Hall–Kier alpha value is -1.84. The first kappa shape index (κ1) is 12.8. The third kappa shape index (κ3) is 24.2. The van der Waals surface area contributed by atoms with E-state index in [2.05, 4.69) is 0 Å². The minimum atomic E-state index is 0.550. The van der Waals surface area contributed by atoms with E-state index in [-0.39, 0.29) is 0 Å². The first-order valence-corrected chi connectivity index (χ1v) is 2.94. The molecule has 0 aromatic rings. The molecule has 0 aliphatic heterocycles. The van der Waals surface area contributed by atoms with E-state index >= 15 is 0 Å². The van der Waals surface area contributed by atoms with Crippen LogP contribution in [0, 0.1) is 0 Å². The van der Waals surface area contributed by atoms with Gasteiger partial charge < -0.3 is 0 Å². The zero-order chi connectivity index (χ0) is 9.66. The van der Waals surface area contributed by atoms with Crippen molar-refractivity contribution in [1.29, 1.82) is 0 Å². The second-order valence-corrected chi connectivity index (χ2v) is 1.31. The van der Waals surface area contributed by atoms with Crippen LogP contribution >= 0.6 is 0 Å². The lowest BCUT2D eigenvalue weighted by atomic mass is 10.6. The molecule has 0 aromatic heterocycles. The van der Waals surface area contributed by atoms with E-state index in [1.54, 1.807) is 0 Å². The first-order chi connectivity index (χ1) is 5.83. The van der Waals surface area contributed by atoms with Gasteiger partial charge in [0, 0.05) is 0 Å². The molecule has 0 spiro atoms. The fourth-order valence-corrected chi connectivity index (χ4v) is 0.181. The maximum absolute atomic E-state index is 9.32. The largest absolute Gasteiger partial charge is 0.299 e. The summed E-state index contributed by atoms with van der Waals surface area (Å²) in [5, 5.41) is 0. The molecule has 0 aliphatic rings. The van der Waals surface area contributed by atoms with Crippen molar-refractivity contribution in [3.8, 4) is 0 Å². The van der Waals surface area contributed by atoms with Gasteiger partial charge in [0.15, 0.2) is 0 Å². The van der Waals surface area contributed by atoms with Crippen molar-refractivity contribution in [2.24, 2.45) is 0 Å². The first-order valence-electron chi connectivity index (χ1n) is 2.94. The number of aldehydes is 4. The second kappa shape index (κ2) is 16.1. The molecule has 0 aliphatic carbocycles. The molecule has 0 fully saturated rings. The zero-order valence-corrected chi connectivity index (χ0v) is 6.25. The highest BCUT2D eigenvalue weighted by Crippen LogP contribution is 1.53. The maximum Gasteiger partial charge on any atom is 0.142 e. The van der Waals surface area contributed by atoms with Crippen LogP contribution in [0.25, 0.3) is 0 Å². The number of hydrogen-bond acceptors (Lipinski definition) is 4. The van der Waals surface area contributed by atoms with Crippen molar-refractivity contribution in [3.63, 3.8) is 0 Å². The number of allylic oxidation sites excluding steroid dienone is 4. The molecule has 0 radical (unpaired) electrons. The standard InChI is InChI=1S/2C4H4O2/c2*5-3-1-2-4-6/h2*1-4H/b2-1+;2-1-. The number of hydrogen-bond donors (Lipinski definition) is 0. The summed E-state index contributed by atoms with van der Waals surface area (Å²) in [6, 6.07) is 0. The lowest BCUT2D eigenvalue weighted by Crippen LogP contribution is -1.59. The lowest BCUT2D eigenvalue weighted by Gasteiger charge is -1.52. The Balaban J connectivity index is 0. The van der Waals surface area contributed by atoms with E-state index < -0.39 is 0 Å². The van der Waals surface area contributed by atoms with Crippen molar-refractivity contribution in [3.05, 3.63) is 24.3 Å². The lowest BCUT2D eigenvalue weighted by molar-refractivity contribution is -0.106. The molecule has 0 saturated carbocycles. The van der Waals surface area contributed by atoms with Crippen LogP contribution in [0.2, 0.25) is 0 Å². The smallest absolute Gasteiger partial charge is 0.142 e. The van der Waals surface area contributed by atoms with Crippen molar-refractivity contribution < 1.29 is 19.2 Å². The van der Waals surface area contributed by atoms with E-state index in [1.807, 2.05) is 0 Å². The van der Waals surface area contributed by atoms with Gasteiger partial charge in [-0.05, 0) is 24.3 Å². The minimum absolute atomic E-state index is 0.550. The van der Waals surface area contributed by atoms with Crippen molar-refractivity contribution >= 4 is 25.1 Å².